The quantitative estimate of drug-likeness (QED) is 0.691. The van der Waals surface area contributed by atoms with Gasteiger partial charge in [0, 0.05) is 36.4 Å². The highest BCUT2D eigenvalue weighted by atomic mass is 16.6. The van der Waals surface area contributed by atoms with Crippen LogP contribution in [-0.2, 0) is 0 Å². The zero-order valence-corrected chi connectivity index (χ0v) is 12.6. The van der Waals surface area contributed by atoms with Crippen molar-refractivity contribution in [3.8, 4) is 0 Å². The van der Waals surface area contributed by atoms with Crippen molar-refractivity contribution in [3.05, 3.63) is 40.1 Å². The van der Waals surface area contributed by atoms with Crippen LogP contribution in [0.4, 0.5) is 11.4 Å². The minimum absolute atomic E-state index is 0.00545. The molecule has 0 amide bonds. The summed E-state index contributed by atoms with van der Waals surface area (Å²) in [7, 11) is 1.85. The first-order chi connectivity index (χ1) is 9.69. The molecule has 0 bridgehead atoms. The number of anilines is 1. The predicted octanol–water partition coefficient (Wildman–Crippen LogP) is 2.66. The molecular formula is C15H19N3O3. The molecule has 21 heavy (non-hydrogen) atoms. The fraction of sp³-hybridized carbons (Fsp3) is 0.400. The molecule has 1 aromatic heterocycles. The summed E-state index contributed by atoms with van der Waals surface area (Å²) in [6.45, 7) is 5.66. The van der Waals surface area contributed by atoms with E-state index >= 15 is 0 Å². The lowest BCUT2D eigenvalue weighted by Crippen LogP contribution is -2.36. The van der Waals surface area contributed by atoms with Gasteiger partial charge in [0.1, 0.15) is 0 Å². The van der Waals surface area contributed by atoms with Crippen LogP contribution in [0.3, 0.4) is 0 Å². The Labute approximate surface area is 123 Å². The maximum atomic E-state index is 11.1. The second-order valence-corrected chi connectivity index (χ2v) is 5.88. The van der Waals surface area contributed by atoms with E-state index in [4.69, 9.17) is 0 Å². The van der Waals surface area contributed by atoms with E-state index in [1.165, 1.54) is 6.07 Å². The van der Waals surface area contributed by atoms with Crippen LogP contribution >= 0.6 is 0 Å². The van der Waals surface area contributed by atoms with E-state index in [-0.39, 0.29) is 5.69 Å². The summed E-state index contributed by atoms with van der Waals surface area (Å²) in [5, 5.41) is 21.8. The largest absolute Gasteiger partial charge is 0.389 e. The van der Waals surface area contributed by atoms with Gasteiger partial charge in [-0.1, -0.05) is 12.1 Å². The molecule has 0 radical (unpaired) electrons. The van der Waals surface area contributed by atoms with Crippen LogP contribution in [0.2, 0.25) is 0 Å². The Hall–Kier alpha value is -2.21. The minimum Gasteiger partial charge on any atom is -0.389 e. The molecule has 0 aliphatic carbocycles. The first kappa shape index (κ1) is 15.2. The number of para-hydroxylation sites is 1. The molecule has 2 aromatic rings. The number of pyridine rings is 1. The second kappa shape index (κ2) is 5.29. The average Bonchev–Trinajstić information content (AvgIpc) is 2.34. The van der Waals surface area contributed by atoms with Crippen molar-refractivity contribution in [1.82, 2.24) is 4.98 Å². The lowest BCUT2D eigenvalue weighted by molar-refractivity contribution is -0.383. The number of hydrogen-bond acceptors (Lipinski definition) is 5. The van der Waals surface area contributed by atoms with Gasteiger partial charge in [0.2, 0.25) is 0 Å². The van der Waals surface area contributed by atoms with Crippen LogP contribution in [0, 0.1) is 17.0 Å². The van der Waals surface area contributed by atoms with E-state index < -0.39 is 10.5 Å². The molecule has 0 unspecified atom stereocenters. The standard InChI is InChI=1S/C15H19N3O3/c1-10-8-13(17(4)9-15(2,3)19)11-6-5-7-12(18(20)21)14(11)16-10/h5-8,19H,9H2,1-4H3. The lowest BCUT2D eigenvalue weighted by Gasteiger charge is -2.28. The van der Waals surface area contributed by atoms with E-state index in [1.807, 2.05) is 24.1 Å². The number of nitro benzene ring substituents is 1. The summed E-state index contributed by atoms with van der Waals surface area (Å²) in [5.74, 6) is 0. The molecule has 0 saturated heterocycles. The zero-order valence-electron chi connectivity index (χ0n) is 12.6. The Bertz CT molecular complexity index is 692. The minimum atomic E-state index is -0.862. The summed E-state index contributed by atoms with van der Waals surface area (Å²) in [6, 6.07) is 6.79. The molecule has 0 aliphatic heterocycles. The first-order valence-corrected chi connectivity index (χ1v) is 6.67. The van der Waals surface area contributed by atoms with Gasteiger partial charge < -0.3 is 10.0 Å². The molecule has 0 aliphatic rings. The number of aliphatic hydroxyl groups is 1. The first-order valence-electron chi connectivity index (χ1n) is 6.67. The van der Waals surface area contributed by atoms with Crippen molar-refractivity contribution < 1.29 is 10.0 Å². The second-order valence-electron chi connectivity index (χ2n) is 5.88. The number of non-ortho nitro benzene ring substituents is 1. The predicted molar refractivity (Wildman–Crippen MR) is 82.7 cm³/mol. The number of aromatic nitrogens is 1. The molecule has 6 heteroatoms. The average molecular weight is 289 g/mol. The van der Waals surface area contributed by atoms with Crippen LogP contribution in [0.15, 0.2) is 24.3 Å². The van der Waals surface area contributed by atoms with Crippen molar-refractivity contribution in [2.45, 2.75) is 26.4 Å². The van der Waals surface area contributed by atoms with E-state index in [9.17, 15) is 15.2 Å². The smallest absolute Gasteiger partial charge is 0.295 e. The fourth-order valence-corrected chi connectivity index (χ4v) is 2.47. The van der Waals surface area contributed by atoms with Gasteiger partial charge >= 0.3 is 0 Å². The fourth-order valence-electron chi connectivity index (χ4n) is 2.47. The monoisotopic (exact) mass is 289 g/mol. The maximum Gasteiger partial charge on any atom is 0.295 e. The molecule has 0 spiro atoms. The molecule has 1 heterocycles. The lowest BCUT2D eigenvalue weighted by atomic mass is 10.1. The Morgan fingerprint density at radius 2 is 2.10 bits per heavy atom. The van der Waals surface area contributed by atoms with E-state index in [0.29, 0.717) is 23.1 Å². The number of rotatable bonds is 4. The highest BCUT2D eigenvalue weighted by Crippen LogP contribution is 2.32. The van der Waals surface area contributed by atoms with E-state index in [0.717, 1.165) is 5.69 Å². The number of hydrogen-bond donors (Lipinski definition) is 1. The molecule has 1 N–H and O–H groups in total. The van der Waals surface area contributed by atoms with Crippen molar-refractivity contribution in [1.29, 1.82) is 0 Å². The van der Waals surface area contributed by atoms with Gasteiger partial charge in [-0.15, -0.1) is 0 Å². The topological polar surface area (TPSA) is 79.5 Å². The van der Waals surface area contributed by atoms with Crippen molar-refractivity contribution in [2.24, 2.45) is 0 Å². The molecule has 6 nitrogen and oxygen atoms in total. The zero-order chi connectivity index (χ0) is 15.8. The van der Waals surface area contributed by atoms with Gasteiger partial charge in [0.05, 0.1) is 10.5 Å². The highest BCUT2D eigenvalue weighted by molar-refractivity contribution is 5.97. The van der Waals surface area contributed by atoms with Gasteiger partial charge in [0.15, 0.2) is 5.52 Å². The van der Waals surface area contributed by atoms with Crippen molar-refractivity contribution in [2.75, 3.05) is 18.5 Å². The van der Waals surface area contributed by atoms with Gasteiger partial charge in [-0.2, -0.15) is 0 Å². The third kappa shape index (κ3) is 3.28. The van der Waals surface area contributed by atoms with Gasteiger partial charge in [-0.25, -0.2) is 4.98 Å². The maximum absolute atomic E-state index is 11.1. The van der Waals surface area contributed by atoms with Gasteiger partial charge in [-0.3, -0.25) is 10.1 Å². The number of nitrogens with zero attached hydrogens (tertiary/aromatic N) is 3. The van der Waals surface area contributed by atoms with Crippen LogP contribution in [-0.4, -0.2) is 34.2 Å². The van der Waals surface area contributed by atoms with Gasteiger partial charge in [-0.05, 0) is 26.8 Å². The Morgan fingerprint density at radius 1 is 1.43 bits per heavy atom. The molecular weight excluding hydrogens is 270 g/mol. The van der Waals surface area contributed by atoms with E-state index in [2.05, 4.69) is 4.98 Å². The molecule has 1 aromatic carbocycles. The van der Waals surface area contributed by atoms with Crippen LogP contribution in [0.25, 0.3) is 10.9 Å². The Morgan fingerprint density at radius 3 is 2.67 bits per heavy atom. The van der Waals surface area contributed by atoms with Crippen molar-refractivity contribution in [3.63, 3.8) is 0 Å². The third-order valence-electron chi connectivity index (χ3n) is 3.16. The molecule has 112 valence electrons. The number of likely N-dealkylation sites (N-methyl/N-ethyl adjacent to an activating group) is 1. The number of benzene rings is 1. The normalized spacial score (nSPS) is 11.7. The van der Waals surface area contributed by atoms with Crippen LogP contribution in [0.5, 0.6) is 0 Å². The SMILES string of the molecule is Cc1cc(N(C)CC(C)(C)O)c2cccc([N+](=O)[O-])c2n1. The van der Waals surface area contributed by atoms with Crippen LogP contribution < -0.4 is 4.90 Å². The molecule has 0 atom stereocenters. The number of fused-ring (bicyclic) bond motifs is 1. The molecule has 2 rings (SSSR count). The summed E-state index contributed by atoms with van der Waals surface area (Å²) in [4.78, 5) is 16.9. The number of nitro groups is 1. The van der Waals surface area contributed by atoms with E-state index in [1.54, 1.807) is 26.8 Å². The Balaban J connectivity index is 2.64. The Kier molecular flexibility index (Phi) is 3.82. The summed E-state index contributed by atoms with van der Waals surface area (Å²) in [6.07, 6.45) is 0. The molecule has 0 fully saturated rings. The van der Waals surface area contributed by atoms with Gasteiger partial charge in [0.25, 0.3) is 5.69 Å². The third-order valence-corrected chi connectivity index (χ3v) is 3.16. The number of aryl methyl sites for hydroxylation is 1. The molecule has 0 saturated carbocycles. The summed E-state index contributed by atoms with van der Waals surface area (Å²) in [5.41, 5.74) is 1.03. The van der Waals surface area contributed by atoms with Crippen molar-refractivity contribution >= 4 is 22.3 Å². The summed E-state index contributed by atoms with van der Waals surface area (Å²) >= 11 is 0. The highest BCUT2D eigenvalue weighted by Gasteiger charge is 2.20. The summed E-state index contributed by atoms with van der Waals surface area (Å²) < 4.78 is 0. The van der Waals surface area contributed by atoms with Crippen LogP contribution in [0.1, 0.15) is 19.5 Å².